The maximum atomic E-state index is 13.5. The van der Waals surface area contributed by atoms with Crippen molar-refractivity contribution < 1.29 is 14.0 Å². The molecule has 4 rings (SSSR count). The Morgan fingerprint density at radius 1 is 1.03 bits per heavy atom. The predicted molar refractivity (Wildman–Crippen MR) is 120 cm³/mol. The summed E-state index contributed by atoms with van der Waals surface area (Å²) in [6.45, 7) is 8.06. The van der Waals surface area contributed by atoms with E-state index < -0.39 is 0 Å². The summed E-state index contributed by atoms with van der Waals surface area (Å²) in [6, 6.07) is 12.2. The fourth-order valence-electron chi connectivity index (χ4n) is 4.68. The number of carbonyl (C=O) groups excluding carboxylic acids is 2. The lowest BCUT2D eigenvalue weighted by Gasteiger charge is -2.33. The highest BCUT2D eigenvalue weighted by molar-refractivity contribution is 6.35. The Balaban J connectivity index is 1.68. The van der Waals surface area contributed by atoms with Crippen molar-refractivity contribution in [3.8, 4) is 0 Å². The van der Waals surface area contributed by atoms with Gasteiger partial charge in [-0.1, -0.05) is 42.8 Å². The minimum absolute atomic E-state index is 0.212. The third-order valence-electron chi connectivity index (χ3n) is 6.31. The van der Waals surface area contributed by atoms with E-state index in [-0.39, 0.29) is 24.2 Å². The molecule has 0 radical (unpaired) electrons. The molecule has 162 valence electrons. The summed E-state index contributed by atoms with van der Waals surface area (Å²) in [5, 5.41) is 0. The molecule has 1 atom stereocenters. The molecule has 0 N–H and O–H groups in total. The molecular formula is C26H29FN2O2. The highest BCUT2D eigenvalue weighted by Crippen LogP contribution is 2.35. The van der Waals surface area contributed by atoms with Crippen molar-refractivity contribution >= 4 is 17.4 Å². The van der Waals surface area contributed by atoms with Gasteiger partial charge in [-0.2, -0.15) is 0 Å². The zero-order valence-corrected chi connectivity index (χ0v) is 18.5. The molecule has 4 nitrogen and oxygen atoms in total. The summed E-state index contributed by atoms with van der Waals surface area (Å²) in [6.07, 6.45) is 2.66. The number of hydrogen-bond acceptors (Lipinski definition) is 3. The number of hydrogen-bond donors (Lipinski definition) is 0. The smallest absolute Gasteiger partial charge is 0.277 e. The van der Waals surface area contributed by atoms with Gasteiger partial charge in [0.05, 0.1) is 5.57 Å². The average Bonchev–Trinajstić information content (AvgIpc) is 2.97. The van der Waals surface area contributed by atoms with Crippen molar-refractivity contribution in [1.29, 1.82) is 0 Å². The summed E-state index contributed by atoms with van der Waals surface area (Å²) in [5.74, 6) is -0.251. The van der Waals surface area contributed by atoms with Crippen LogP contribution >= 0.6 is 0 Å². The molecule has 0 saturated carbocycles. The van der Waals surface area contributed by atoms with Crippen LogP contribution in [0.25, 0.3) is 5.57 Å². The molecule has 2 aliphatic rings. The van der Waals surface area contributed by atoms with Crippen molar-refractivity contribution in [2.24, 2.45) is 5.92 Å². The molecule has 2 aromatic rings. The number of likely N-dealkylation sites (tertiary alicyclic amines) is 1. The average molecular weight is 421 g/mol. The van der Waals surface area contributed by atoms with E-state index in [1.165, 1.54) is 17.0 Å². The highest BCUT2D eigenvalue weighted by atomic mass is 19.1. The van der Waals surface area contributed by atoms with Crippen LogP contribution < -0.4 is 0 Å². The summed E-state index contributed by atoms with van der Waals surface area (Å²) >= 11 is 0. The number of halogens is 1. The molecule has 2 aromatic carbocycles. The molecular weight excluding hydrogens is 391 g/mol. The second kappa shape index (κ2) is 8.66. The van der Waals surface area contributed by atoms with E-state index in [9.17, 15) is 14.0 Å². The van der Waals surface area contributed by atoms with Crippen LogP contribution in [-0.2, 0) is 16.0 Å². The Morgan fingerprint density at radius 3 is 2.45 bits per heavy atom. The number of benzene rings is 2. The van der Waals surface area contributed by atoms with Crippen LogP contribution in [0.3, 0.4) is 0 Å². The summed E-state index contributed by atoms with van der Waals surface area (Å²) < 4.78 is 13.2. The first kappa shape index (κ1) is 21.3. The first-order chi connectivity index (χ1) is 14.8. The zero-order chi connectivity index (χ0) is 22.1. The van der Waals surface area contributed by atoms with Crippen LogP contribution in [0.5, 0.6) is 0 Å². The van der Waals surface area contributed by atoms with Gasteiger partial charge in [0.1, 0.15) is 11.5 Å². The first-order valence-electron chi connectivity index (χ1n) is 11.0. The molecule has 1 saturated heterocycles. The van der Waals surface area contributed by atoms with E-state index in [2.05, 4.69) is 17.9 Å². The van der Waals surface area contributed by atoms with Gasteiger partial charge in [-0.3, -0.25) is 14.5 Å². The van der Waals surface area contributed by atoms with Crippen LogP contribution in [0, 0.1) is 25.6 Å². The van der Waals surface area contributed by atoms with Crippen molar-refractivity contribution in [3.05, 3.63) is 76.2 Å². The fourth-order valence-corrected chi connectivity index (χ4v) is 4.68. The third-order valence-corrected chi connectivity index (χ3v) is 6.31. The Bertz CT molecular complexity index is 1040. The van der Waals surface area contributed by atoms with Gasteiger partial charge in [0, 0.05) is 19.6 Å². The molecule has 31 heavy (non-hydrogen) atoms. The number of rotatable bonds is 5. The third kappa shape index (κ3) is 4.27. The second-order valence-corrected chi connectivity index (χ2v) is 8.87. The summed E-state index contributed by atoms with van der Waals surface area (Å²) in [7, 11) is 0. The van der Waals surface area contributed by atoms with E-state index >= 15 is 0 Å². The van der Waals surface area contributed by atoms with Gasteiger partial charge in [-0.05, 0) is 67.9 Å². The van der Waals surface area contributed by atoms with Crippen molar-refractivity contribution in [1.82, 2.24) is 9.80 Å². The largest absolute Gasteiger partial charge is 0.366 e. The molecule has 2 amide bonds. The second-order valence-electron chi connectivity index (χ2n) is 8.87. The minimum atomic E-state index is -0.294. The normalized spacial score (nSPS) is 19.5. The van der Waals surface area contributed by atoms with Gasteiger partial charge in [0.2, 0.25) is 0 Å². The van der Waals surface area contributed by atoms with Gasteiger partial charge in [-0.15, -0.1) is 0 Å². The van der Waals surface area contributed by atoms with Crippen LogP contribution in [0.4, 0.5) is 4.39 Å². The lowest BCUT2D eigenvalue weighted by atomic mass is 9.95. The zero-order valence-electron chi connectivity index (χ0n) is 18.5. The molecule has 5 heteroatoms. The topological polar surface area (TPSA) is 40.6 Å². The van der Waals surface area contributed by atoms with E-state index in [0.717, 1.165) is 48.2 Å². The van der Waals surface area contributed by atoms with Gasteiger partial charge in [0.15, 0.2) is 0 Å². The van der Waals surface area contributed by atoms with E-state index in [0.29, 0.717) is 23.6 Å². The van der Waals surface area contributed by atoms with Gasteiger partial charge in [-0.25, -0.2) is 4.39 Å². The molecule has 1 fully saturated rings. The first-order valence-corrected chi connectivity index (χ1v) is 11.0. The predicted octanol–water partition coefficient (Wildman–Crippen LogP) is 4.50. The molecule has 0 bridgehead atoms. The van der Waals surface area contributed by atoms with Crippen LogP contribution in [0.1, 0.15) is 42.0 Å². The summed E-state index contributed by atoms with van der Waals surface area (Å²) in [4.78, 5) is 30.5. The van der Waals surface area contributed by atoms with Crippen LogP contribution in [0.15, 0.2) is 48.2 Å². The quantitative estimate of drug-likeness (QED) is 0.669. The molecule has 0 aromatic heterocycles. The Hall–Kier alpha value is -2.95. The number of piperidine rings is 1. The van der Waals surface area contributed by atoms with E-state index in [4.69, 9.17) is 0 Å². The van der Waals surface area contributed by atoms with Crippen LogP contribution in [-0.4, -0.2) is 41.2 Å². The molecule has 0 spiro atoms. The fraction of sp³-hybridized carbons (Fsp3) is 0.385. The lowest BCUT2D eigenvalue weighted by molar-refractivity contribution is -0.137. The molecule has 2 heterocycles. The maximum absolute atomic E-state index is 13.5. The number of carbonyl (C=O) groups is 2. The van der Waals surface area contributed by atoms with Crippen molar-refractivity contribution in [2.75, 3.05) is 19.6 Å². The number of amides is 2. The van der Waals surface area contributed by atoms with Gasteiger partial charge in [0.25, 0.3) is 11.8 Å². The van der Waals surface area contributed by atoms with Crippen molar-refractivity contribution in [2.45, 2.75) is 40.0 Å². The number of aryl methyl sites for hydroxylation is 2. The highest BCUT2D eigenvalue weighted by Gasteiger charge is 2.42. The van der Waals surface area contributed by atoms with Crippen LogP contribution in [0.2, 0.25) is 0 Å². The lowest BCUT2D eigenvalue weighted by Crippen LogP contribution is -2.39. The SMILES string of the molecule is Cc1ccc(C2=C(N3CCCC(C)C3)C(=O)N(CCc3ccc(F)cc3)C2=O)c(C)c1. The maximum Gasteiger partial charge on any atom is 0.277 e. The Morgan fingerprint density at radius 2 is 1.77 bits per heavy atom. The van der Waals surface area contributed by atoms with Gasteiger partial charge < -0.3 is 4.90 Å². The van der Waals surface area contributed by atoms with Gasteiger partial charge >= 0.3 is 0 Å². The Kier molecular flexibility index (Phi) is 5.94. The number of imide groups is 1. The minimum Gasteiger partial charge on any atom is -0.366 e. The molecule has 0 aliphatic carbocycles. The van der Waals surface area contributed by atoms with Crippen molar-refractivity contribution in [3.63, 3.8) is 0 Å². The van der Waals surface area contributed by atoms with E-state index in [1.54, 1.807) is 12.1 Å². The van der Waals surface area contributed by atoms with E-state index in [1.807, 2.05) is 26.0 Å². The molecule has 1 unspecified atom stereocenters. The summed E-state index contributed by atoms with van der Waals surface area (Å²) in [5.41, 5.74) is 4.92. The monoisotopic (exact) mass is 420 g/mol. The number of nitrogens with zero attached hydrogens (tertiary/aromatic N) is 2. The Labute approximate surface area is 183 Å². The molecule has 2 aliphatic heterocycles. The standard InChI is InChI=1S/C26H29FN2O2/c1-17-6-11-22(19(3)15-17)23-24(28-13-4-5-18(2)16-28)26(31)29(25(23)30)14-12-20-7-9-21(27)10-8-20/h6-11,15,18H,4-5,12-14,16H2,1-3H3.